The second kappa shape index (κ2) is 14.9. The Morgan fingerprint density at radius 1 is 1.13 bits per heavy atom. The number of aromatic nitrogens is 2. The normalized spacial score (nSPS) is 11.7. The molecule has 0 fully saturated rings. The van der Waals surface area contributed by atoms with Crippen LogP contribution in [0.5, 0.6) is 5.75 Å². The lowest BCUT2D eigenvalue weighted by Crippen LogP contribution is -2.21. The van der Waals surface area contributed by atoms with Gasteiger partial charge in [0, 0.05) is 6.07 Å². The maximum Gasteiger partial charge on any atom is 0.319 e. The SMILES string of the molecule is CCCCCCCC(Sc1nc(Cl)cc(NCCOc2ccccc2)n1)C(=O)OCC. The summed E-state index contributed by atoms with van der Waals surface area (Å²) < 4.78 is 10.9. The quantitative estimate of drug-likeness (QED) is 0.113. The Morgan fingerprint density at radius 2 is 1.90 bits per heavy atom. The Morgan fingerprint density at radius 3 is 2.65 bits per heavy atom. The van der Waals surface area contributed by atoms with Gasteiger partial charge >= 0.3 is 5.97 Å². The predicted octanol–water partition coefficient (Wildman–Crippen LogP) is 6.01. The summed E-state index contributed by atoms with van der Waals surface area (Å²) in [7, 11) is 0. The summed E-state index contributed by atoms with van der Waals surface area (Å²) in [6.07, 6.45) is 6.41. The van der Waals surface area contributed by atoms with Crippen molar-refractivity contribution in [3.63, 3.8) is 0 Å². The van der Waals surface area contributed by atoms with Gasteiger partial charge in [-0.2, -0.15) is 0 Å². The fourth-order valence-electron chi connectivity index (χ4n) is 2.93. The summed E-state index contributed by atoms with van der Waals surface area (Å²) >= 11 is 7.51. The molecule has 0 aliphatic carbocycles. The first-order chi connectivity index (χ1) is 15.1. The van der Waals surface area contributed by atoms with Gasteiger partial charge in [-0.3, -0.25) is 4.79 Å². The second-order valence-corrected chi connectivity index (χ2v) is 8.57. The minimum absolute atomic E-state index is 0.225. The molecule has 0 aliphatic heterocycles. The fraction of sp³-hybridized carbons (Fsp3) is 0.522. The third kappa shape index (κ3) is 10.2. The molecule has 0 spiro atoms. The van der Waals surface area contributed by atoms with Crippen LogP contribution in [0.4, 0.5) is 5.82 Å². The number of rotatable bonds is 15. The van der Waals surface area contributed by atoms with Crippen LogP contribution in [-0.4, -0.2) is 40.9 Å². The van der Waals surface area contributed by atoms with Crippen molar-refractivity contribution in [2.75, 3.05) is 25.1 Å². The molecule has 31 heavy (non-hydrogen) atoms. The van der Waals surface area contributed by atoms with Gasteiger partial charge in [-0.05, 0) is 25.5 Å². The summed E-state index contributed by atoms with van der Waals surface area (Å²) in [6.45, 7) is 5.40. The predicted molar refractivity (Wildman–Crippen MR) is 127 cm³/mol. The molecule has 1 atom stereocenters. The molecule has 1 heterocycles. The van der Waals surface area contributed by atoms with Gasteiger partial charge < -0.3 is 14.8 Å². The molecule has 1 aromatic carbocycles. The number of nitrogens with one attached hydrogen (secondary N) is 1. The largest absolute Gasteiger partial charge is 0.492 e. The number of carbonyl (C=O) groups is 1. The smallest absolute Gasteiger partial charge is 0.319 e. The highest BCUT2D eigenvalue weighted by Gasteiger charge is 2.22. The van der Waals surface area contributed by atoms with Crippen LogP contribution in [0.15, 0.2) is 41.6 Å². The first-order valence-electron chi connectivity index (χ1n) is 10.9. The molecule has 0 radical (unpaired) electrons. The average molecular weight is 466 g/mol. The molecule has 1 aromatic heterocycles. The number of hydrogen-bond acceptors (Lipinski definition) is 7. The van der Waals surface area contributed by atoms with Crippen molar-refractivity contribution < 1.29 is 14.3 Å². The number of thioether (sulfide) groups is 1. The van der Waals surface area contributed by atoms with E-state index in [1.54, 1.807) is 6.07 Å². The molecule has 0 saturated carbocycles. The van der Waals surface area contributed by atoms with Crippen LogP contribution in [0.3, 0.4) is 0 Å². The number of nitrogens with zero attached hydrogens (tertiary/aromatic N) is 2. The first-order valence-corrected chi connectivity index (χ1v) is 12.2. The zero-order chi connectivity index (χ0) is 22.3. The maximum atomic E-state index is 12.4. The van der Waals surface area contributed by atoms with E-state index in [1.807, 2.05) is 37.3 Å². The molecule has 8 heteroatoms. The van der Waals surface area contributed by atoms with Crippen LogP contribution in [-0.2, 0) is 9.53 Å². The number of ether oxygens (including phenoxy) is 2. The van der Waals surface area contributed by atoms with Gasteiger partial charge in [-0.15, -0.1) is 0 Å². The lowest BCUT2D eigenvalue weighted by atomic mass is 10.1. The number of halogens is 1. The van der Waals surface area contributed by atoms with Gasteiger partial charge in [0.05, 0.1) is 13.2 Å². The first kappa shape index (κ1) is 25.3. The number of benzene rings is 1. The Bertz CT molecular complexity index is 780. The zero-order valence-electron chi connectivity index (χ0n) is 18.3. The van der Waals surface area contributed by atoms with Gasteiger partial charge in [0.15, 0.2) is 5.16 Å². The molecule has 0 aliphatic rings. The molecule has 2 aromatic rings. The lowest BCUT2D eigenvalue weighted by Gasteiger charge is -2.15. The molecule has 0 bridgehead atoms. The Hall–Kier alpha value is -1.99. The number of carbonyl (C=O) groups excluding carboxylic acids is 1. The fourth-order valence-corrected chi connectivity index (χ4v) is 4.16. The van der Waals surface area contributed by atoms with Crippen LogP contribution >= 0.6 is 23.4 Å². The summed E-state index contributed by atoms with van der Waals surface area (Å²) in [5.41, 5.74) is 0. The molecule has 170 valence electrons. The van der Waals surface area contributed by atoms with Crippen molar-refractivity contribution in [2.45, 2.75) is 62.8 Å². The van der Waals surface area contributed by atoms with E-state index in [2.05, 4.69) is 22.2 Å². The molecule has 0 saturated heterocycles. The van der Waals surface area contributed by atoms with Gasteiger partial charge in [-0.25, -0.2) is 9.97 Å². The van der Waals surface area contributed by atoms with Gasteiger partial charge in [-0.1, -0.05) is 80.6 Å². The molecular weight excluding hydrogens is 434 g/mol. The maximum absolute atomic E-state index is 12.4. The highest BCUT2D eigenvalue weighted by molar-refractivity contribution is 8.00. The molecule has 0 amide bonds. The third-order valence-electron chi connectivity index (χ3n) is 4.46. The monoisotopic (exact) mass is 465 g/mol. The third-order valence-corrected chi connectivity index (χ3v) is 5.76. The number of anilines is 1. The van der Waals surface area contributed by atoms with E-state index in [0.717, 1.165) is 25.0 Å². The van der Waals surface area contributed by atoms with Gasteiger partial charge in [0.1, 0.15) is 28.6 Å². The van der Waals surface area contributed by atoms with E-state index in [-0.39, 0.29) is 11.2 Å². The standard InChI is InChI=1S/C23H32ClN3O3S/c1-3-5-6-7-11-14-19(22(28)29-4-2)31-23-26-20(24)17-21(27-23)25-15-16-30-18-12-9-8-10-13-18/h8-10,12-13,17,19H,3-7,11,14-16H2,1-2H3,(H,25,26,27). The van der Waals surface area contributed by atoms with Crippen molar-refractivity contribution in [1.29, 1.82) is 0 Å². The summed E-state index contributed by atoms with van der Waals surface area (Å²) in [5, 5.41) is 3.65. The van der Waals surface area contributed by atoms with Crippen molar-refractivity contribution >= 4 is 35.1 Å². The molecule has 6 nitrogen and oxygen atoms in total. The summed E-state index contributed by atoms with van der Waals surface area (Å²) in [5.74, 6) is 1.19. The zero-order valence-corrected chi connectivity index (χ0v) is 19.9. The Labute approximate surface area is 194 Å². The minimum Gasteiger partial charge on any atom is -0.492 e. The second-order valence-electron chi connectivity index (χ2n) is 7.01. The average Bonchev–Trinajstić information content (AvgIpc) is 2.76. The molecule has 2 rings (SSSR count). The van der Waals surface area contributed by atoms with Crippen LogP contribution < -0.4 is 10.1 Å². The van der Waals surface area contributed by atoms with E-state index in [0.29, 0.717) is 35.9 Å². The number of unbranched alkanes of at least 4 members (excludes halogenated alkanes) is 4. The molecule has 1 N–H and O–H groups in total. The Balaban J connectivity index is 1.90. The molecular formula is C23H32ClN3O3S. The number of esters is 1. The van der Waals surface area contributed by atoms with E-state index >= 15 is 0 Å². The van der Waals surface area contributed by atoms with Gasteiger partial charge in [0.2, 0.25) is 0 Å². The highest BCUT2D eigenvalue weighted by atomic mass is 35.5. The minimum atomic E-state index is -0.339. The van der Waals surface area contributed by atoms with Crippen molar-refractivity contribution in [3.05, 3.63) is 41.6 Å². The van der Waals surface area contributed by atoms with Crippen molar-refractivity contribution in [2.24, 2.45) is 0 Å². The van der Waals surface area contributed by atoms with Crippen LogP contribution in [0.2, 0.25) is 5.15 Å². The highest BCUT2D eigenvalue weighted by Crippen LogP contribution is 2.28. The van der Waals surface area contributed by atoms with Crippen molar-refractivity contribution in [3.8, 4) is 5.75 Å². The summed E-state index contributed by atoms with van der Waals surface area (Å²) in [6, 6.07) is 11.3. The van der Waals surface area contributed by atoms with E-state index in [1.165, 1.54) is 31.0 Å². The summed E-state index contributed by atoms with van der Waals surface area (Å²) in [4.78, 5) is 21.2. The lowest BCUT2D eigenvalue weighted by molar-refractivity contribution is -0.142. The van der Waals surface area contributed by atoms with Crippen molar-refractivity contribution in [1.82, 2.24) is 9.97 Å². The van der Waals surface area contributed by atoms with Crippen LogP contribution in [0, 0.1) is 0 Å². The number of hydrogen-bond donors (Lipinski definition) is 1. The Kier molecular flexibility index (Phi) is 12.2. The van der Waals surface area contributed by atoms with E-state index in [9.17, 15) is 4.79 Å². The van der Waals surface area contributed by atoms with E-state index in [4.69, 9.17) is 21.1 Å². The topological polar surface area (TPSA) is 73.3 Å². The molecule has 1 unspecified atom stereocenters. The van der Waals surface area contributed by atoms with Crippen LogP contribution in [0.1, 0.15) is 52.4 Å². The van der Waals surface area contributed by atoms with Crippen LogP contribution in [0.25, 0.3) is 0 Å². The van der Waals surface area contributed by atoms with Gasteiger partial charge in [0.25, 0.3) is 0 Å². The number of para-hydroxylation sites is 1. The van der Waals surface area contributed by atoms with E-state index < -0.39 is 0 Å².